The number of nitrogens with zero attached hydrogens (tertiary/aromatic N) is 2. The summed E-state index contributed by atoms with van der Waals surface area (Å²) in [7, 11) is -1.38. The molecule has 28 heavy (non-hydrogen) atoms. The molecule has 2 heterocycles. The van der Waals surface area contributed by atoms with Crippen LogP contribution in [0.5, 0.6) is 0 Å². The Morgan fingerprint density at radius 1 is 1.36 bits per heavy atom. The maximum Gasteiger partial charge on any atom is 0.266 e. The summed E-state index contributed by atoms with van der Waals surface area (Å²) in [6.45, 7) is 0.374. The topological polar surface area (TPSA) is 74.8 Å². The largest absolute Gasteiger partial charge is 0.342 e. The summed E-state index contributed by atoms with van der Waals surface area (Å²) < 4.78 is 23.7. The van der Waals surface area contributed by atoms with E-state index in [9.17, 15) is 18.0 Å². The molecule has 2 aliphatic heterocycles. The van der Waals surface area contributed by atoms with Gasteiger partial charge in [-0.05, 0) is 24.5 Å². The number of hydrogen-bond acceptors (Lipinski definition) is 6. The summed E-state index contributed by atoms with van der Waals surface area (Å²) in [6, 6.07) is 9.32. The number of carbonyl (C=O) groups is 2. The van der Waals surface area contributed by atoms with Crippen LogP contribution in [0.4, 0.5) is 0 Å². The van der Waals surface area contributed by atoms with Gasteiger partial charge in [0, 0.05) is 26.1 Å². The van der Waals surface area contributed by atoms with Crippen molar-refractivity contribution in [2.24, 2.45) is 0 Å². The summed E-state index contributed by atoms with van der Waals surface area (Å²) in [4.78, 5) is 28.6. The molecule has 150 valence electrons. The zero-order chi connectivity index (χ0) is 20.3. The number of hydrogen-bond donors (Lipinski definition) is 0. The second kappa shape index (κ2) is 8.75. The molecule has 0 unspecified atom stereocenters. The van der Waals surface area contributed by atoms with E-state index in [1.807, 2.05) is 36.4 Å². The van der Waals surface area contributed by atoms with Gasteiger partial charge in [0.2, 0.25) is 5.91 Å². The Labute approximate surface area is 174 Å². The lowest BCUT2D eigenvalue weighted by Crippen LogP contribution is -2.38. The second-order valence-corrected chi connectivity index (χ2v) is 10.8. The summed E-state index contributed by atoms with van der Waals surface area (Å²) >= 11 is 6.59. The van der Waals surface area contributed by atoms with E-state index in [0.717, 1.165) is 5.56 Å². The van der Waals surface area contributed by atoms with Gasteiger partial charge in [0.05, 0.1) is 16.4 Å². The number of thioether (sulfide) groups is 1. The van der Waals surface area contributed by atoms with E-state index in [1.165, 1.54) is 21.6 Å². The summed E-state index contributed by atoms with van der Waals surface area (Å²) in [5, 5.41) is 0. The Morgan fingerprint density at radius 3 is 2.71 bits per heavy atom. The molecule has 0 aliphatic carbocycles. The molecule has 6 nitrogen and oxygen atoms in total. The van der Waals surface area contributed by atoms with Crippen LogP contribution in [-0.2, 0) is 19.4 Å². The molecule has 1 aromatic carbocycles. The highest BCUT2D eigenvalue weighted by Gasteiger charge is 2.34. The quantitative estimate of drug-likeness (QED) is 0.501. The van der Waals surface area contributed by atoms with Crippen LogP contribution in [0.1, 0.15) is 24.8 Å². The summed E-state index contributed by atoms with van der Waals surface area (Å²) in [5.41, 5.74) is 0.936. The number of rotatable bonds is 6. The van der Waals surface area contributed by atoms with Crippen molar-refractivity contribution in [1.82, 2.24) is 9.80 Å². The number of sulfone groups is 1. The monoisotopic (exact) mass is 438 g/mol. The van der Waals surface area contributed by atoms with Gasteiger partial charge in [-0.3, -0.25) is 14.5 Å². The van der Waals surface area contributed by atoms with Crippen molar-refractivity contribution in [3.8, 4) is 0 Å². The summed E-state index contributed by atoms with van der Waals surface area (Å²) in [6.07, 6.45) is 3.04. The summed E-state index contributed by atoms with van der Waals surface area (Å²) in [5.74, 6) is -0.0673. The molecular formula is C19H22N2O4S3. The highest BCUT2D eigenvalue weighted by atomic mass is 32.2. The molecule has 9 heteroatoms. The number of amides is 2. The van der Waals surface area contributed by atoms with Crippen LogP contribution >= 0.6 is 24.0 Å². The molecule has 2 saturated heterocycles. The average molecular weight is 439 g/mol. The van der Waals surface area contributed by atoms with Crippen LogP contribution in [0, 0.1) is 0 Å². The van der Waals surface area contributed by atoms with Gasteiger partial charge >= 0.3 is 0 Å². The molecule has 3 rings (SSSR count). The third kappa shape index (κ3) is 5.01. The molecule has 0 bridgehead atoms. The Bertz CT molecular complexity index is 912. The molecule has 2 aliphatic rings. The van der Waals surface area contributed by atoms with Gasteiger partial charge in [-0.2, -0.15) is 0 Å². The molecule has 0 N–H and O–H groups in total. The van der Waals surface area contributed by atoms with Crippen molar-refractivity contribution in [1.29, 1.82) is 0 Å². The van der Waals surface area contributed by atoms with E-state index in [-0.39, 0.29) is 35.8 Å². The van der Waals surface area contributed by atoms with Crippen LogP contribution in [0.2, 0.25) is 0 Å². The standard InChI is InChI=1S/C19H22N2O4S3/c1-20(15-9-11-28(24,25)13-15)17(22)8-5-10-21-18(23)16(27-19(21)26)12-14-6-3-2-4-7-14/h2-4,6-7,12,15H,5,8-11,13H2,1H3/b16-12+/t15-/m1/s1. The van der Waals surface area contributed by atoms with Crippen molar-refractivity contribution in [3.05, 3.63) is 40.8 Å². The van der Waals surface area contributed by atoms with Crippen molar-refractivity contribution in [2.45, 2.75) is 25.3 Å². The van der Waals surface area contributed by atoms with Crippen LogP contribution in [0.25, 0.3) is 6.08 Å². The Kier molecular flexibility index (Phi) is 6.57. The highest BCUT2D eigenvalue weighted by molar-refractivity contribution is 8.26. The lowest BCUT2D eigenvalue weighted by Gasteiger charge is -2.24. The fraction of sp³-hybridized carbons (Fsp3) is 0.421. The van der Waals surface area contributed by atoms with Gasteiger partial charge in [-0.1, -0.05) is 54.3 Å². The first kappa shape index (κ1) is 21.0. The first-order valence-electron chi connectivity index (χ1n) is 9.03. The van der Waals surface area contributed by atoms with Crippen LogP contribution in [0.3, 0.4) is 0 Å². The zero-order valence-corrected chi connectivity index (χ0v) is 18.0. The van der Waals surface area contributed by atoms with E-state index in [0.29, 0.717) is 28.6 Å². The molecule has 0 aromatic heterocycles. The molecule has 0 spiro atoms. The van der Waals surface area contributed by atoms with Gasteiger partial charge in [0.15, 0.2) is 9.84 Å². The Balaban J connectivity index is 1.52. The zero-order valence-electron chi connectivity index (χ0n) is 15.5. The highest BCUT2D eigenvalue weighted by Crippen LogP contribution is 2.32. The van der Waals surface area contributed by atoms with Gasteiger partial charge in [-0.15, -0.1) is 0 Å². The van der Waals surface area contributed by atoms with E-state index in [4.69, 9.17) is 12.2 Å². The van der Waals surface area contributed by atoms with E-state index in [1.54, 1.807) is 7.05 Å². The number of thiocarbonyl (C=S) groups is 1. The van der Waals surface area contributed by atoms with E-state index in [2.05, 4.69) is 0 Å². The SMILES string of the molecule is CN(C(=O)CCCN1C(=O)/C(=C\c2ccccc2)SC1=S)[C@@H]1CCS(=O)(=O)C1. The molecule has 1 aromatic rings. The molecular weight excluding hydrogens is 416 g/mol. The maximum atomic E-state index is 12.6. The normalized spacial score (nSPS) is 22.8. The van der Waals surface area contributed by atoms with E-state index >= 15 is 0 Å². The third-order valence-corrected chi connectivity index (χ3v) is 8.02. The van der Waals surface area contributed by atoms with Crippen molar-refractivity contribution >= 4 is 56.0 Å². The van der Waals surface area contributed by atoms with Crippen molar-refractivity contribution in [3.63, 3.8) is 0 Å². The fourth-order valence-corrected chi connectivity index (χ4v) is 6.33. The number of carbonyl (C=O) groups excluding carboxylic acids is 2. The number of benzene rings is 1. The Morgan fingerprint density at radius 2 is 2.07 bits per heavy atom. The van der Waals surface area contributed by atoms with E-state index < -0.39 is 9.84 Å². The molecule has 0 radical (unpaired) electrons. The molecule has 2 amide bonds. The smallest absolute Gasteiger partial charge is 0.266 e. The Hall–Kier alpha value is -1.71. The van der Waals surface area contributed by atoms with Gasteiger partial charge in [0.1, 0.15) is 4.32 Å². The second-order valence-electron chi connectivity index (χ2n) is 6.91. The van der Waals surface area contributed by atoms with Gasteiger partial charge in [-0.25, -0.2) is 8.42 Å². The minimum Gasteiger partial charge on any atom is -0.342 e. The lowest BCUT2D eigenvalue weighted by molar-refractivity contribution is -0.132. The first-order valence-corrected chi connectivity index (χ1v) is 12.1. The van der Waals surface area contributed by atoms with Crippen LogP contribution in [0.15, 0.2) is 35.2 Å². The van der Waals surface area contributed by atoms with Crippen LogP contribution < -0.4 is 0 Å². The lowest BCUT2D eigenvalue weighted by atomic mass is 10.2. The maximum absolute atomic E-state index is 12.6. The van der Waals surface area contributed by atoms with Crippen molar-refractivity contribution < 1.29 is 18.0 Å². The minimum absolute atomic E-state index is 0.0359. The third-order valence-electron chi connectivity index (χ3n) is 4.89. The molecule has 2 fully saturated rings. The minimum atomic E-state index is -3.03. The molecule has 0 saturated carbocycles. The van der Waals surface area contributed by atoms with Gasteiger partial charge < -0.3 is 4.90 Å². The molecule has 1 atom stereocenters. The first-order chi connectivity index (χ1) is 13.3. The predicted octanol–water partition coefficient (Wildman–Crippen LogP) is 2.31. The van der Waals surface area contributed by atoms with Crippen LogP contribution in [-0.4, -0.2) is 65.5 Å². The fourth-order valence-electron chi connectivity index (χ4n) is 3.24. The van der Waals surface area contributed by atoms with Crippen molar-refractivity contribution in [2.75, 3.05) is 25.1 Å². The average Bonchev–Trinajstić information content (AvgIpc) is 3.15. The van der Waals surface area contributed by atoms with Gasteiger partial charge in [0.25, 0.3) is 5.91 Å². The predicted molar refractivity (Wildman–Crippen MR) is 115 cm³/mol.